The SMILES string of the molecule is Cc1ccc(CN2CS(=O)(=O)CC2=O)cc1. The Morgan fingerprint density at radius 2 is 1.88 bits per heavy atom. The Balaban J connectivity index is 2.11. The highest BCUT2D eigenvalue weighted by Crippen LogP contribution is 2.14. The second kappa shape index (κ2) is 3.90. The van der Waals surface area contributed by atoms with E-state index in [0.29, 0.717) is 6.54 Å². The number of rotatable bonds is 2. The van der Waals surface area contributed by atoms with Gasteiger partial charge in [-0.3, -0.25) is 4.79 Å². The van der Waals surface area contributed by atoms with E-state index in [0.717, 1.165) is 11.1 Å². The summed E-state index contributed by atoms with van der Waals surface area (Å²) in [6, 6.07) is 7.72. The van der Waals surface area contributed by atoms with E-state index in [9.17, 15) is 13.2 Å². The van der Waals surface area contributed by atoms with Crippen LogP contribution in [-0.2, 0) is 21.2 Å². The van der Waals surface area contributed by atoms with Crippen molar-refractivity contribution in [1.29, 1.82) is 0 Å². The first-order chi connectivity index (χ1) is 7.46. The molecular weight excluding hydrogens is 226 g/mol. The van der Waals surface area contributed by atoms with Gasteiger partial charge in [0.25, 0.3) is 0 Å². The molecular formula is C11H13NO3S. The highest BCUT2D eigenvalue weighted by molar-refractivity contribution is 7.92. The van der Waals surface area contributed by atoms with Gasteiger partial charge >= 0.3 is 0 Å². The van der Waals surface area contributed by atoms with Crippen molar-refractivity contribution < 1.29 is 13.2 Å². The van der Waals surface area contributed by atoms with Crippen LogP contribution in [0.2, 0.25) is 0 Å². The van der Waals surface area contributed by atoms with Crippen LogP contribution in [0.25, 0.3) is 0 Å². The summed E-state index contributed by atoms with van der Waals surface area (Å²) in [5, 5.41) is 0. The topological polar surface area (TPSA) is 54.5 Å². The lowest BCUT2D eigenvalue weighted by Gasteiger charge is -2.13. The van der Waals surface area contributed by atoms with Gasteiger partial charge in [0, 0.05) is 6.54 Å². The summed E-state index contributed by atoms with van der Waals surface area (Å²) in [6.07, 6.45) is 0. The van der Waals surface area contributed by atoms with E-state index >= 15 is 0 Å². The predicted octanol–water partition coefficient (Wildman–Crippen LogP) is 0.710. The zero-order valence-electron chi connectivity index (χ0n) is 9.01. The number of carbonyl (C=O) groups is 1. The standard InChI is InChI=1S/C11H13NO3S/c1-9-2-4-10(5-3-9)6-12-8-16(14,15)7-11(12)13/h2-5H,6-8H2,1H3. The van der Waals surface area contributed by atoms with E-state index in [4.69, 9.17) is 0 Å². The fourth-order valence-electron chi connectivity index (χ4n) is 1.68. The van der Waals surface area contributed by atoms with Crippen molar-refractivity contribution in [3.63, 3.8) is 0 Å². The van der Waals surface area contributed by atoms with Crippen LogP contribution < -0.4 is 0 Å². The summed E-state index contributed by atoms with van der Waals surface area (Å²) < 4.78 is 22.5. The Kier molecular flexibility index (Phi) is 2.71. The normalized spacial score (nSPS) is 19.1. The van der Waals surface area contributed by atoms with E-state index < -0.39 is 9.84 Å². The van der Waals surface area contributed by atoms with Gasteiger partial charge in [-0.05, 0) is 12.5 Å². The lowest BCUT2D eigenvalue weighted by Crippen LogP contribution is -2.25. The van der Waals surface area contributed by atoms with Crippen molar-refractivity contribution in [1.82, 2.24) is 4.90 Å². The Morgan fingerprint density at radius 3 is 2.38 bits per heavy atom. The van der Waals surface area contributed by atoms with Gasteiger partial charge < -0.3 is 4.90 Å². The van der Waals surface area contributed by atoms with Crippen LogP contribution in [0, 0.1) is 6.92 Å². The van der Waals surface area contributed by atoms with Crippen molar-refractivity contribution in [2.24, 2.45) is 0 Å². The number of hydrogen-bond acceptors (Lipinski definition) is 3. The number of aryl methyl sites for hydroxylation is 1. The van der Waals surface area contributed by atoms with Gasteiger partial charge in [-0.2, -0.15) is 0 Å². The minimum absolute atomic E-state index is 0.153. The third-order valence-corrected chi connectivity index (χ3v) is 3.93. The molecule has 4 nitrogen and oxygen atoms in total. The minimum atomic E-state index is -3.20. The second-order valence-electron chi connectivity index (χ2n) is 4.09. The van der Waals surface area contributed by atoms with Crippen LogP contribution >= 0.6 is 0 Å². The third-order valence-electron chi connectivity index (χ3n) is 2.54. The molecule has 5 heteroatoms. The number of sulfone groups is 1. The lowest BCUT2D eigenvalue weighted by atomic mass is 10.1. The molecule has 0 aliphatic carbocycles. The maximum absolute atomic E-state index is 11.4. The van der Waals surface area contributed by atoms with Crippen molar-refractivity contribution >= 4 is 15.7 Å². The molecule has 86 valence electrons. The van der Waals surface area contributed by atoms with Gasteiger partial charge in [-0.1, -0.05) is 29.8 Å². The molecule has 0 unspecified atom stereocenters. The van der Waals surface area contributed by atoms with Crippen molar-refractivity contribution in [2.75, 3.05) is 11.6 Å². The van der Waals surface area contributed by atoms with E-state index in [1.165, 1.54) is 4.90 Å². The molecule has 1 heterocycles. The van der Waals surface area contributed by atoms with E-state index in [1.54, 1.807) is 0 Å². The second-order valence-corrected chi connectivity index (χ2v) is 6.13. The number of nitrogens with zero attached hydrogens (tertiary/aromatic N) is 1. The van der Waals surface area contributed by atoms with E-state index in [1.807, 2.05) is 31.2 Å². The molecule has 16 heavy (non-hydrogen) atoms. The Hall–Kier alpha value is -1.36. The number of carbonyl (C=O) groups excluding carboxylic acids is 1. The molecule has 0 saturated carbocycles. The first kappa shape index (κ1) is 11.1. The molecule has 1 fully saturated rings. The summed E-state index contributed by atoms with van der Waals surface area (Å²) in [7, 11) is -3.20. The largest absolute Gasteiger partial charge is 0.323 e. The molecule has 1 aromatic carbocycles. The fourth-order valence-corrected chi connectivity index (χ4v) is 3.04. The van der Waals surface area contributed by atoms with Crippen LogP contribution in [0.3, 0.4) is 0 Å². The zero-order valence-corrected chi connectivity index (χ0v) is 9.83. The predicted molar refractivity (Wildman–Crippen MR) is 60.4 cm³/mol. The molecule has 0 radical (unpaired) electrons. The Labute approximate surface area is 94.8 Å². The van der Waals surface area contributed by atoms with E-state index in [2.05, 4.69) is 0 Å². The molecule has 0 N–H and O–H groups in total. The Bertz CT molecular complexity index is 505. The maximum Gasteiger partial charge on any atom is 0.239 e. The van der Waals surface area contributed by atoms with Crippen LogP contribution in [-0.4, -0.2) is 30.9 Å². The molecule has 0 atom stereocenters. The summed E-state index contributed by atoms with van der Waals surface area (Å²) in [5.41, 5.74) is 2.10. The highest BCUT2D eigenvalue weighted by atomic mass is 32.2. The summed E-state index contributed by atoms with van der Waals surface area (Å²) in [5.74, 6) is -0.806. The van der Waals surface area contributed by atoms with Gasteiger partial charge in [0.1, 0.15) is 11.6 Å². The summed E-state index contributed by atoms with van der Waals surface area (Å²) in [4.78, 5) is 12.8. The van der Waals surface area contributed by atoms with Gasteiger partial charge in [-0.25, -0.2) is 8.42 Å². The maximum atomic E-state index is 11.4. The molecule has 0 spiro atoms. The van der Waals surface area contributed by atoms with E-state index in [-0.39, 0.29) is 17.5 Å². The molecule has 1 aromatic rings. The summed E-state index contributed by atoms with van der Waals surface area (Å²) in [6.45, 7) is 2.35. The average molecular weight is 239 g/mol. The molecule has 1 aliphatic heterocycles. The lowest BCUT2D eigenvalue weighted by molar-refractivity contribution is -0.127. The minimum Gasteiger partial charge on any atom is -0.323 e. The molecule has 2 rings (SSSR count). The monoisotopic (exact) mass is 239 g/mol. The number of hydrogen-bond donors (Lipinski definition) is 0. The number of amides is 1. The average Bonchev–Trinajstić information content (AvgIpc) is 2.44. The Morgan fingerprint density at radius 1 is 1.25 bits per heavy atom. The first-order valence-electron chi connectivity index (χ1n) is 5.00. The van der Waals surface area contributed by atoms with Crippen LogP contribution in [0.5, 0.6) is 0 Å². The van der Waals surface area contributed by atoms with Crippen LogP contribution in [0.1, 0.15) is 11.1 Å². The molecule has 1 saturated heterocycles. The quantitative estimate of drug-likeness (QED) is 0.763. The van der Waals surface area contributed by atoms with Gasteiger partial charge in [0.05, 0.1) is 0 Å². The smallest absolute Gasteiger partial charge is 0.239 e. The van der Waals surface area contributed by atoms with Crippen molar-refractivity contribution in [2.45, 2.75) is 13.5 Å². The first-order valence-corrected chi connectivity index (χ1v) is 6.82. The highest BCUT2D eigenvalue weighted by Gasteiger charge is 2.32. The molecule has 0 aromatic heterocycles. The van der Waals surface area contributed by atoms with Crippen molar-refractivity contribution in [3.05, 3.63) is 35.4 Å². The van der Waals surface area contributed by atoms with Gasteiger partial charge in [0.15, 0.2) is 9.84 Å². The molecule has 1 amide bonds. The van der Waals surface area contributed by atoms with Crippen LogP contribution in [0.4, 0.5) is 0 Å². The van der Waals surface area contributed by atoms with Gasteiger partial charge in [0.2, 0.25) is 5.91 Å². The fraction of sp³-hybridized carbons (Fsp3) is 0.364. The third kappa shape index (κ3) is 2.41. The zero-order chi connectivity index (χ0) is 11.8. The summed E-state index contributed by atoms with van der Waals surface area (Å²) >= 11 is 0. The van der Waals surface area contributed by atoms with Crippen molar-refractivity contribution in [3.8, 4) is 0 Å². The number of benzene rings is 1. The molecule has 1 aliphatic rings. The van der Waals surface area contributed by atoms with Gasteiger partial charge in [-0.15, -0.1) is 0 Å². The molecule has 0 bridgehead atoms. The van der Waals surface area contributed by atoms with Crippen LogP contribution in [0.15, 0.2) is 24.3 Å².